The molecule has 0 aliphatic heterocycles. The Bertz CT molecular complexity index is 648. The Morgan fingerprint density at radius 2 is 1.35 bits per heavy atom. The third-order valence-corrected chi connectivity index (χ3v) is 2.43. The molecule has 1 heterocycles. The highest BCUT2D eigenvalue weighted by molar-refractivity contribution is 5.55. The molecule has 0 unspecified atom stereocenters. The van der Waals surface area contributed by atoms with Gasteiger partial charge < -0.3 is 10.3 Å². The summed E-state index contributed by atoms with van der Waals surface area (Å²) in [6.07, 6.45) is 0. The predicted molar refractivity (Wildman–Crippen MR) is 56.7 cm³/mol. The van der Waals surface area contributed by atoms with Crippen LogP contribution in [0.3, 0.4) is 0 Å². The van der Waals surface area contributed by atoms with Gasteiger partial charge in [-0.15, -0.1) is 0 Å². The molecule has 0 saturated carbocycles. The number of benzene rings is 1. The van der Waals surface area contributed by atoms with Gasteiger partial charge in [0.25, 0.3) is 5.89 Å². The summed E-state index contributed by atoms with van der Waals surface area (Å²) >= 11 is 0. The molecule has 0 radical (unpaired) electrons. The average Bonchev–Trinajstić information content (AvgIpc) is 2.83. The van der Waals surface area contributed by atoms with Crippen molar-refractivity contribution in [2.45, 2.75) is 19.4 Å². The smallest absolute Gasteiger partial charge is 0.264 e. The molecule has 9 heteroatoms. The Hall–Kier alpha value is -2.03. The molecule has 0 aliphatic rings. The lowest BCUT2D eigenvalue weighted by molar-refractivity contribution is 0.369. The van der Waals surface area contributed by atoms with Crippen LogP contribution in [0.4, 0.5) is 22.0 Å². The fourth-order valence-electron chi connectivity index (χ4n) is 1.38. The molecule has 1 aromatic carbocycles. The maximum absolute atomic E-state index is 13.5. The highest BCUT2D eigenvalue weighted by Gasteiger charge is 2.31. The van der Waals surface area contributed by atoms with Crippen LogP contribution in [0.25, 0.3) is 11.5 Å². The van der Waals surface area contributed by atoms with E-state index in [0.717, 1.165) is 0 Å². The zero-order valence-electron chi connectivity index (χ0n) is 10.3. The Labute approximate surface area is 109 Å². The van der Waals surface area contributed by atoms with E-state index < -0.39 is 46.1 Å². The Morgan fingerprint density at radius 1 is 0.900 bits per heavy atom. The molecule has 1 aromatic heterocycles. The molecule has 0 saturated heterocycles. The van der Waals surface area contributed by atoms with Crippen molar-refractivity contribution in [2.75, 3.05) is 0 Å². The second-order valence-corrected chi connectivity index (χ2v) is 4.59. The highest BCUT2D eigenvalue weighted by Crippen LogP contribution is 2.31. The van der Waals surface area contributed by atoms with Gasteiger partial charge >= 0.3 is 0 Å². The average molecular weight is 293 g/mol. The van der Waals surface area contributed by atoms with Crippen LogP contribution >= 0.6 is 0 Å². The molecule has 0 fully saturated rings. The van der Waals surface area contributed by atoms with Crippen LogP contribution < -0.4 is 5.73 Å². The SMILES string of the molecule is CC(C)(N)c1noc(-c2c(F)c(F)c(F)c(F)c2F)n1. The van der Waals surface area contributed by atoms with Gasteiger partial charge in [-0.05, 0) is 13.8 Å². The van der Waals surface area contributed by atoms with E-state index >= 15 is 0 Å². The number of hydrogen-bond donors (Lipinski definition) is 1. The van der Waals surface area contributed by atoms with E-state index in [-0.39, 0.29) is 5.82 Å². The molecular weight excluding hydrogens is 285 g/mol. The Morgan fingerprint density at radius 3 is 1.75 bits per heavy atom. The predicted octanol–water partition coefficient (Wildman–Crippen LogP) is 2.63. The number of nitrogens with two attached hydrogens (primary N) is 1. The number of nitrogens with zero attached hydrogens (tertiary/aromatic N) is 2. The first kappa shape index (κ1) is 14.4. The first-order valence-corrected chi connectivity index (χ1v) is 5.29. The van der Waals surface area contributed by atoms with Gasteiger partial charge in [-0.25, -0.2) is 22.0 Å². The van der Waals surface area contributed by atoms with Crippen molar-refractivity contribution in [2.24, 2.45) is 5.73 Å². The van der Waals surface area contributed by atoms with Gasteiger partial charge in [0.2, 0.25) is 5.82 Å². The molecule has 2 N–H and O–H groups in total. The minimum absolute atomic E-state index is 0.142. The highest BCUT2D eigenvalue weighted by atomic mass is 19.2. The van der Waals surface area contributed by atoms with Crippen molar-refractivity contribution in [3.63, 3.8) is 0 Å². The van der Waals surface area contributed by atoms with Crippen molar-refractivity contribution >= 4 is 0 Å². The molecule has 2 rings (SSSR count). The zero-order chi connectivity index (χ0) is 15.2. The van der Waals surface area contributed by atoms with Crippen molar-refractivity contribution in [1.82, 2.24) is 10.1 Å². The largest absolute Gasteiger partial charge is 0.334 e. The van der Waals surface area contributed by atoms with Gasteiger partial charge in [0, 0.05) is 0 Å². The summed E-state index contributed by atoms with van der Waals surface area (Å²) in [5.41, 5.74) is 3.23. The summed E-state index contributed by atoms with van der Waals surface area (Å²) < 4.78 is 70.5. The van der Waals surface area contributed by atoms with Crippen LogP contribution in [0.2, 0.25) is 0 Å². The van der Waals surface area contributed by atoms with Crippen LogP contribution in [-0.4, -0.2) is 10.1 Å². The number of hydrogen-bond acceptors (Lipinski definition) is 4. The number of rotatable bonds is 2. The first-order chi connectivity index (χ1) is 9.14. The summed E-state index contributed by atoms with van der Waals surface area (Å²) in [7, 11) is 0. The Balaban J connectivity index is 2.68. The minimum Gasteiger partial charge on any atom is -0.334 e. The summed E-state index contributed by atoms with van der Waals surface area (Å²) in [4.78, 5) is 3.55. The van der Waals surface area contributed by atoms with Crippen LogP contribution in [0, 0.1) is 29.1 Å². The lowest BCUT2D eigenvalue weighted by Crippen LogP contribution is -2.30. The van der Waals surface area contributed by atoms with Gasteiger partial charge in [0.15, 0.2) is 29.1 Å². The molecule has 0 atom stereocenters. The van der Waals surface area contributed by atoms with E-state index in [0.29, 0.717) is 0 Å². The topological polar surface area (TPSA) is 64.9 Å². The molecule has 0 spiro atoms. The van der Waals surface area contributed by atoms with E-state index in [4.69, 9.17) is 5.73 Å². The second kappa shape index (κ2) is 4.51. The molecule has 20 heavy (non-hydrogen) atoms. The Kier molecular flexibility index (Phi) is 3.24. The summed E-state index contributed by atoms with van der Waals surface area (Å²) in [6, 6.07) is 0. The van der Waals surface area contributed by atoms with E-state index in [1.54, 1.807) is 0 Å². The molecule has 108 valence electrons. The maximum Gasteiger partial charge on any atom is 0.264 e. The molecule has 0 amide bonds. The molecule has 0 bridgehead atoms. The third kappa shape index (κ3) is 2.13. The number of halogens is 5. The van der Waals surface area contributed by atoms with Gasteiger partial charge in [-0.3, -0.25) is 0 Å². The summed E-state index contributed by atoms with van der Waals surface area (Å²) in [5.74, 6) is -11.5. The van der Waals surface area contributed by atoms with Gasteiger partial charge in [-0.2, -0.15) is 4.98 Å². The van der Waals surface area contributed by atoms with E-state index in [1.165, 1.54) is 13.8 Å². The van der Waals surface area contributed by atoms with E-state index in [2.05, 4.69) is 14.7 Å². The lowest BCUT2D eigenvalue weighted by atomic mass is 10.1. The van der Waals surface area contributed by atoms with E-state index in [1.807, 2.05) is 0 Å². The second-order valence-electron chi connectivity index (χ2n) is 4.59. The molecule has 0 aliphatic carbocycles. The van der Waals surface area contributed by atoms with E-state index in [9.17, 15) is 22.0 Å². The van der Waals surface area contributed by atoms with Gasteiger partial charge in [0.05, 0.1) is 5.54 Å². The standard InChI is InChI=1S/C11H8F5N3O/c1-11(2,17)10-18-9(20-19-10)3-4(12)6(14)8(16)7(15)5(3)13/h17H2,1-2H3. The third-order valence-electron chi connectivity index (χ3n) is 2.43. The number of aromatic nitrogens is 2. The summed E-state index contributed by atoms with van der Waals surface area (Å²) in [5, 5.41) is 3.34. The monoisotopic (exact) mass is 293 g/mol. The van der Waals surface area contributed by atoms with Crippen LogP contribution in [-0.2, 0) is 5.54 Å². The maximum atomic E-state index is 13.5. The summed E-state index contributed by atoms with van der Waals surface area (Å²) in [6.45, 7) is 2.94. The van der Waals surface area contributed by atoms with Crippen LogP contribution in [0.5, 0.6) is 0 Å². The molecule has 4 nitrogen and oxygen atoms in total. The quantitative estimate of drug-likeness (QED) is 0.525. The van der Waals surface area contributed by atoms with Crippen molar-refractivity contribution < 1.29 is 26.5 Å². The van der Waals surface area contributed by atoms with Crippen molar-refractivity contribution in [3.05, 3.63) is 34.9 Å². The minimum atomic E-state index is -2.26. The molecular formula is C11H8F5N3O. The van der Waals surface area contributed by atoms with Gasteiger partial charge in [-0.1, -0.05) is 5.16 Å². The first-order valence-electron chi connectivity index (χ1n) is 5.29. The molecule has 2 aromatic rings. The fraction of sp³-hybridized carbons (Fsp3) is 0.273. The normalized spacial score (nSPS) is 12.0. The lowest BCUT2D eigenvalue weighted by Gasteiger charge is -2.11. The van der Waals surface area contributed by atoms with Crippen LogP contribution in [0.15, 0.2) is 4.52 Å². The van der Waals surface area contributed by atoms with Crippen molar-refractivity contribution in [3.8, 4) is 11.5 Å². The van der Waals surface area contributed by atoms with Crippen LogP contribution in [0.1, 0.15) is 19.7 Å². The fourth-order valence-corrected chi connectivity index (χ4v) is 1.38. The van der Waals surface area contributed by atoms with Gasteiger partial charge in [0.1, 0.15) is 5.56 Å². The zero-order valence-corrected chi connectivity index (χ0v) is 10.3. The van der Waals surface area contributed by atoms with Crippen molar-refractivity contribution in [1.29, 1.82) is 0 Å².